The van der Waals surface area contributed by atoms with Crippen molar-refractivity contribution in [2.24, 2.45) is 0 Å². The maximum Gasteiger partial charge on any atom is 0.184 e. The average Bonchev–Trinajstić information content (AvgIpc) is 2.94. The highest BCUT2D eigenvalue weighted by molar-refractivity contribution is 9.10. The Morgan fingerprint density at radius 3 is 2.54 bits per heavy atom. The lowest BCUT2D eigenvalue weighted by molar-refractivity contribution is 0.579. The minimum Gasteiger partial charge on any atom is -0.359 e. The molecule has 1 N–H and O–H groups in total. The molecule has 1 heterocycles. The van der Waals surface area contributed by atoms with Crippen LogP contribution in [0.5, 0.6) is 0 Å². The molecular formula is C15H8BrCl2F2NO2S. The van der Waals surface area contributed by atoms with Crippen molar-refractivity contribution >= 4 is 59.9 Å². The summed E-state index contributed by atoms with van der Waals surface area (Å²) in [7, 11) is -3.93. The zero-order valence-corrected chi connectivity index (χ0v) is 15.6. The van der Waals surface area contributed by atoms with Gasteiger partial charge in [0.05, 0.1) is 26.2 Å². The van der Waals surface area contributed by atoms with Crippen molar-refractivity contribution in [2.75, 3.05) is 0 Å². The first-order valence-corrected chi connectivity index (χ1v) is 9.72. The molecule has 9 heteroatoms. The zero-order chi connectivity index (χ0) is 17.6. The zero-order valence-electron chi connectivity index (χ0n) is 11.7. The third-order valence-electron chi connectivity index (χ3n) is 3.48. The van der Waals surface area contributed by atoms with Crippen LogP contribution in [0.3, 0.4) is 0 Å². The minimum atomic E-state index is -3.93. The molecule has 0 radical (unpaired) electrons. The Kier molecular flexibility index (Phi) is 4.63. The lowest BCUT2D eigenvalue weighted by atomic mass is 10.2. The van der Waals surface area contributed by atoms with Crippen LogP contribution in [0.4, 0.5) is 8.78 Å². The van der Waals surface area contributed by atoms with Gasteiger partial charge in [-0.05, 0) is 34.1 Å². The van der Waals surface area contributed by atoms with Crippen molar-refractivity contribution < 1.29 is 17.2 Å². The number of aromatic amines is 1. The van der Waals surface area contributed by atoms with Gasteiger partial charge in [0.2, 0.25) is 0 Å². The molecule has 3 rings (SSSR count). The molecular weight excluding hydrogens is 447 g/mol. The first-order chi connectivity index (χ1) is 11.2. The van der Waals surface area contributed by atoms with Crippen molar-refractivity contribution in [2.45, 2.75) is 10.6 Å². The van der Waals surface area contributed by atoms with Crippen molar-refractivity contribution in [1.82, 2.24) is 4.98 Å². The molecule has 0 aliphatic rings. The maximum atomic E-state index is 13.9. The van der Waals surface area contributed by atoms with E-state index in [1.165, 1.54) is 6.20 Å². The number of hydrogen-bond acceptors (Lipinski definition) is 2. The van der Waals surface area contributed by atoms with E-state index in [-0.39, 0.29) is 10.5 Å². The molecule has 126 valence electrons. The number of hydrogen-bond donors (Lipinski definition) is 1. The lowest BCUT2D eigenvalue weighted by Gasteiger charge is -2.06. The van der Waals surface area contributed by atoms with E-state index in [1.54, 1.807) is 12.1 Å². The number of rotatable bonds is 3. The Balaban J connectivity index is 2.09. The topological polar surface area (TPSA) is 49.9 Å². The summed E-state index contributed by atoms with van der Waals surface area (Å²) in [5.74, 6) is -2.46. The molecule has 0 spiro atoms. The normalized spacial score (nSPS) is 12.0. The minimum absolute atomic E-state index is 0.0401. The Hall–Kier alpha value is -1.15. The molecule has 0 bridgehead atoms. The Labute approximate surface area is 154 Å². The first-order valence-electron chi connectivity index (χ1n) is 6.52. The molecule has 3 aromatic rings. The van der Waals surface area contributed by atoms with E-state index >= 15 is 0 Å². The van der Waals surface area contributed by atoms with Crippen molar-refractivity contribution in [1.29, 1.82) is 0 Å². The van der Waals surface area contributed by atoms with E-state index in [9.17, 15) is 17.2 Å². The fraction of sp³-hybridized carbons (Fsp3) is 0.0667. The second kappa shape index (κ2) is 6.29. The Bertz CT molecular complexity index is 1070. The molecule has 0 saturated carbocycles. The van der Waals surface area contributed by atoms with Crippen LogP contribution in [0, 0.1) is 11.6 Å². The van der Waals surface area contributed by atoms with Crippen LogP contribution in [0.2, 0.25) is 10.0 Å². The fourth-order valence-corrected chi connectivity index (χ4v) is 4.56. The summed E-state index contributed by atoms with van der Waals surface area (Å²) < 4.78 is 53.2. The van der Waals surface area contributed by atoms with E-state index in [2.05, 4.69) is 20.9 Å². The van der Waals surface area contributed by atoms with Gasteiger partial charge < -0.3 is 4.98 Å². The highest BCUT2D eigenvalue weighted by Gasteiger charge is 2.23. The van der Waals surface area contributed by atoms with E-state index in [0.717, 1.165) is 12.1 Å². The molecule has 24 heavy (non-hydrogen) atoms. The van der Waals surface area contributed by atoms with Gasteiger partial charge in [-0.2, -0.15) is 0 Å². The second-order valence-corrected chi connectivity index (χ2v) is 8.65. The standard InChI is InChI=1S/C15H8BrCl2F2NO2S/c16-9-2-1-8-13(5-21-15(8)14(9)18)24(22,23)6-7-3-12(20)10(17)4-11(7)19/h1-5,21H,6H2. The summed E-state index contributed by atoms with van der Waals surface area (Å²) in [4.78, 5) is 2.75. The Morgan fingerprint density at radius 2 is 1.83 bits per heavy atom. The second-order valence-electron chi connectivity index (χ2n) is 5.05. The van der Waals surface area contributed by atoms with Gasteiger partial charge in [0.25, 0.3) is 0 Å². The van der Waals surface area contributed by atoms with Gasteiger partial charge in [0, 0.05) is 21.6 Å². The van der Waals surface area contributed by atoms with E-state index < -0.39 is 32.2 Å². The van der Waals surface area contributed by atoms with Crippen LogP contribution < -0.4 is 0 Å². The summed E-state index contributed by atoms with van der Waals surface area (Å²) in [6.07, 6.45) is 1.28. The van der Waals surface area contributed by atoms with Crippen LogP contribution in [-0.2, 0) is 15.6 Å². The molecule has 2 aromatic carbocycles. The van der Waals surface area contributed by atoms with Crippen LogP contribution in [0.25, 0.3) is 10.9 Å². The van der Waals surface area contributed by atoms with E-state index in [1.807, 2.05) is 0 Å². The Morgan fingerprint density at radius 1 is 1.12 bits per heavy atom. The molecule has 3 nitrogen and oxygen atoms in total. The highest BCUT2D eigenvalue weighted by atomic mass is 79.9. The number of nitrogens with one attached hydrogen (secondary N) is 1. The monoisotopic (exact) mass is 453 g/mol. The van der Waals surface area contributed by atoms with Crippen molar-refractivity contribution in [3.05, 3.63) is 62.2 Å². The third kappa shape index (κ3) is 3.06. The molecule has 0 fully saturated rings. The summed E-state index contributed by atoms with van der Waals surface area (Å²) in [6, 6.07) is 4.73. The van der Waals surface area contributed by atoms with Gasteiger partial charge in [-0.1, -0.05) is 29.3 Å². The van der Waals surface area contributed by atoms with Gasteiger partial charge in [-0.25, -0.2) is 17.2 Å². The number of benzene rings is 2. The average molecular weight is 455 g/mol. The molecule has 0 amide bonds. The molecule has 0 atom stereocenters. The van der Waals surface area contributed by atoms with Gasteiger partial charge in [0.1, 0.15) is 11.6 Å². The SMILES string of the molecule is O=S(=O)(Cc1cc(F)c(Cl)cc1F)c1c[nH]c2c(Cl)c(Br)ccc12. The van der Waals surface area contributed by atoms with Crippen molar-refractivity contribution in [3.63, 3.8) is 0 Å². The van der Waals surface area contributed by atoms with E-state index in [4.69, 9.17) is 23.2 Å². The maximum absolute atomic E-state index is 13.9. The molecule has 0 aliphatic carbocycles. The van der Waals surface area contributed by atoms with Crippen molar-refractivity contribution in [3.8, 4) is 0 Å². The predicted molar refractivity (Wildman–Crippen MR) is 93.3 cm³/mol. The predicted octanol–water partition coefficient (Wildman–Crippen LogP) is 5.49. The highest BCUT2D eigenvalue weighted by Crippen LogP contribution is 2.35. The smallest absolute Gasteiger partial charge is 0.184 e. The number of fused-ring (bicyclic) bond motifs is 1. The summed E-state index contributed by atoms with van der Waals surface area (Å²) in [5, 5.41) is 0.299. The van der Waals surface area contributed by atoms with Gasteiger partial charge in [-0.3, -0.25) is 0 Å². The molecule has 1 aromatic heterocycles. The van der Waals surface area contributed by atoms with Crippen LogP contribution in [-0.4, -0.2) is 13.4 Å². The summed E-state index contributed by atoms with van der Waals surface area (Å²) in [6.45, 7) is 0. The molecule has 0 saturated heterocycles. The first kappa shape index (κ1) is 17.7. The summed E-state index contributed by atoms with van der Waals surface area (Å²) in [5.41, 5.74) is 0.141. The largest absolute Gasteiger partial charge is 0.359 e. The van der Waals surface area contributed by atoms with Gasteiger partial charge in [0.15, 0.2) is 9.84 Å². The fourth-order valence-electron chi connectivity index (χ4n) is 2.33. The molecule has 0 unspecified atom stereocenters. The molecule has 0 aliphatic heterocycles. The van der Waals surface area contributed by atoms with Crippen LogP contribution in [0.15, 0.2) is 39.8 Å². The summed E-state index contributed by atoms with van der Waals surface area (Å²) >= 11 is 14.8. The number of sulfone groups is 1. The number of H-pyrrole nitrogens is 1. The number of aromatic nitrogens is 1. The van der Waals surface area contributed by atoms with Gasteiger partial charge in [-0.15, -0.1) is 0 Å². The quantitative estimate of drug-likeness (QED) is 0.532. The lowest BCUT2D eigenvalue weighted by Crippen LogP contribution is -2.06. The number of halogens is 5. The van der Waals surface area contributed by atoms with Crippen LogP contribution in [0.1, 0.15) is 5.56 Å². The third-order valence-corrected chi connectivity index (χ3v) is 6.75. The van der Waals surface area contributed by atoms with Crippen LogP contribution >= 0.6 is 39.1 Å². The van der Waals surface area contributed by atoms with E-state index in [0.29, 0.717) is 20.4 Å². The van der Waals surface area contributed by atoms with Gasteiger partial charge >= 0.3 is 0 Å².